The van der Waals surface area contributed by atoms with Crippen LogP contribution in [0.1, 0.15) is 15.9 Å². The van der Waals surface area contributed by atoms with E-state index < -0.39 is 0 Å². The lowest BCUT2D eigenvalue weighted by Crippen LogP contribution is -2.30. The molecule has 0 radical (unpaired) electrons. The molecule has 3 rings (SSSR count). The topological polar surface area (TPSA) is 66.1 Å². The first-order valence-corrected chi connectivity index (χ1v) is 8.14. The van der Waals surface area contributed by atoms with Gasteiger partial charge in [-0.3, -0.25) is 20.6 Å². The van der Waals surface area contributed by atoms with Gasteiger partial charge in [0.05, 0.1) is 11.3 Å². The summed E-state index contributed by atoms with van der Waals surface area (Å²) in [5, 5.41) is 3.92. The second-order valence-corrected chi connectivity index (χ2v) is 5.78. The van der Waals surface area contributed by atoms with Crippen molar-refractivity contribution in [1.82, 2.24) is 10.4 Å². The van der Waals surface area contributed by atoms with Crippen LogP contribution in [0, 0.1) is 0 Å². The Labute approximate surface area is 151 Å². The molecule has 0 aliphatic heterocycles. The summed E-state index contributed by atoms with van der Waals surface area (Å²) in [7, 11) is 0. The number of halogens is 1. The number of carbonyl (C=O) groups is 1. The quantitative estimate of drug-likeness (QED) is 0.584. The third-order valence-electron chi connectivity index (χ3n) is 3.57. The molecule has 0 aliphatic rings. The van der Waals surface area contributed by atoms with Crippen molar-refractivity contribution in [2.45, 2.75) is 6.54 Å². The third-order valence-corrected chi connectivity index (χ3v) is 3.82. The highest BCUT2D eigenvalue weighted by Crippen LogP contribution is 2.17. The summed E-state index contributed by atoms with van der Waals surface area (Å²) >= 11 is 5.85. The second-order valence-electron chi connectivity index (χ2n) is 5.34. The Bertz CT molecular complexity index is 838. The zero-order valence-electron chi connectivity index (χ0n) is 13.4. The van der Waals surface area contributed by atoms with Gasteiger partial charge in [0.15, 0.2) is 0 Å². The molecule has 0 saturated heterocycles. The maximum Gasteiger partial charge on any atom is 0.271 e. The Kier molecular flexibility index (Phi) is 5.49. The van der Waals surface area contributed by atoms with Gasteiger partial charge in [-0.05, 0) is 54.1 Å². The minimum atomic E-state index is -0.229. The zero-order chi connectivity index (χ0) is 17.5. The van der Waals surface area contributed by atoms with Crippen molar-refractivity contribution in [3.05, 3.63) is 89.2 Å². The SMILES string of the molecule is O=C(NNc1ccc(Cl)cc1)c1ccccc1NCc1ccncc1. The summed E-state index contributed by atoms with van der Waals surface area (Å²) in [6.45, 7) is 0.609. The Morgan fingerprint density at radius 1 is 0.960 bits per heavy atom. The lowest BCUT2D eigenvalue weighted by molar-refractivity contribution is 0.0963. The number of carbonyl (C=O) groups excluding carboxylic acids is 1. The molecule has 3 aromatic rings. The zero-order valence-corrected chi connectivity index (χ0v) is 14.1. The van der Waals surface area contributed by atoms with E-state index in [1.807, 2.05) is 30.3 Å². The summed E-state index contributed by atoms with van der Waals surface area (Å²) in [5.74, 6) is -0.229. The number of aromatic nitrogens is 1. The van der Waals surface area contributed by atoms with Crippen LogP contribution in [-0.2, 0) is 6.54 Å². The van der Waals surface area contributed by atoms with E-state index in [0.29, 0.717) is 17.1 Å². The molecule has 0 unspecified atom stereocenters. The summed E-state index contributed by atoms with van der Waals surface area (Å²) in [4.78, 5) is 16.5. The van der Waals surface area contributed by atoms with Crippen molar-refractivity contribution in [3.63, 3.8) is 0 Å². The van der Waals surface area contributed by atoms with Crippen LogP contribution in [0.2, 0.25) is 5.02 Å². The van der Waals surface area contributed by atoms with Crippen molar-refractivity contribution in [1.29, 1.82) is 0 Å². The standard InChI is InChI=1S/C19H17ClN4O/c20-15-5-7-16(8-6-15)23-24-19(25)17-3-1-2-4-18(17)22-13-14-9-11-21-12-10-14/h1-12,22-23H,13H2,(H,24,25). The van der Waals surface area contributed by atoms with E-state index in [0.717, 1.165) is 16.9 Å². The molecule has 5 nitrogen and oxygen atoms in total. The Hall–Kier alpha value is -3.05. The molecule has 0 fully saturated rings. The van der Waals surface area contributed by atoms with Gasteiger partial charge in [0.25, 0.3) is 5.91 Å². The molecule has 3 N–H and O–H groups in total. The fraction of sp³-hybridized carbons (Fsp3) is 0.0526. The van der Waals surface area contributed by atoms with Gasteiger partial charge in [0.2, 0.25) is 0 Å². The number of benzene rings is 2. The maximum absolute atomic E-state index is 12.5. The Morgan fingerprint density at radius 3 is 2.44 bits per heavy atom. The fourth-order valence-corrected chi connectivity index (χ4v) is 2.39. The number of hydrazine groups is 1. The lowest BCUT2D eigenvalue weighted by atomic mass is 10.1. The molecule has 6 heteroatoms. The maximum atomic E-state index is 12.5. The first kappa shape index (κ1) is 16.8. The van der Waals surface area contributed by atoms with E-state index in [4.69, 9.17) is 11.6 Å². The van der Waals surface area contributed by atoms with Gasteiger partial charge in [0.1, 0.15) is 0 Å². The van der Waals surface area contributed by atoms with Crippen LogP contribution in [-0.4, -0.2) is 10.9 Å². The van der Waals surface area contributed by atoms with Crippen molar-refractivity contribution in [2.75, 3.05) is 10.7 Å². The molecule has 2 aromatic carbocycles. The van der Waals surface area contributed by atoms with Crippen molar-refractivity contribution >= 4 is 28.9 Å². The second kappa shape index (κ2) is 8.17. The number of nitrogens with one attached hydrogen (secondary N) is 3. The van der Waals surface area contributed by atoms with Gasteiger partial charge in [-0.25, -0.2) is 0 Å². The van der Waals surface area contributed by atoms with E-state index in [2.05, 4.69) is 21.2 Å². The molecule has 0 saturated carbocycles. The normalized spacial score (nSPS) is 10.1. The molecule has 0 atom stereocenters. The summed E-state index contributed by atoms with van der Waals surface area (Å²) in [5.41, 5.74) is 8.72. The van der Waals surface area contributed by atoms with Crippen LogP contribution in [0.3, 0.4) is 0 Å². The molecule has 1 aromatic heterocycles. The largest absolute Gasteiger partial charge is 0.380 e. The summed E-state index contributed by atoms with van der Waals surface area (Å²) < 4.78 is 0. The van der Waals surface area contributed by atoms with Crippen molar-refractivity contribution < 1.29 is 4.79 Å². The minimum absolute atomic E-state index is 0.229. The number of hydrogen-bond acceptors (Lipinski definition) is 4. The fourth-order valence-electron chi connectivity index (χ4n) is 2.26. The Balaban J connectivity index is 1.64. The first-order valence-electron chi connectivity index (χ1n) is 7.76. The van der Waals surface area contributed by atoms with Gasteiger partial charge in [0, 0.05) is 29.6 Å². The smallest absolute Gasteiger partial charge is 0.271 e. The van der Waals surface area contributed by atoms with Gasteiger partial charge in [-0.2, -0.15) is 0 Å². The van der Waals surface area contributed by atoms with Crippen molar-refractivity contribution in [3.8, 4) is 0 Å². The molecule has 1 amide bonds. The lowest BCUT2D eigenvalue weighted by Gasteiger charge is -2.13. The van der Waals surface area contributed by atoms with Crippen LogP contribution in [0.4, 0.5) is 11.4 Å². The van der Waals surface area contributed by atoms with Gasteiger partial charge in [-0.1, -0.05) is 23.7 Å². The minimum Gasteiger partial charge on any atom is -0.380 e. The van der Waals surface area contributed by atoms with Gasteiger partial charge >= 0.3 is 0 Å². The number of nitrogens with zero attached hydrogens (tertiary/aromatic N) is 1. The average molecular weight is 353 g/mol. The number of pyridine rings is 1. The van der Waals surface area contributed by atoms with Gasteiger partial charge in [-0.15, -0.1) is 0 Å². The summed E-state index contributed by atoms with van der Waals surface area (Å²) in [6, 6.07) is 18.3. The Morgan fingerprint density at radius 2 is 1.68 bits per heavy atom. The van der Waals surface area contributed by atoms with Crippen LogP contribution in [0.15, 0.2) is 73.1 Å². The average Bonchev–Trinajstić information content (AvgIpc) is 2.67. The van der Waals surface area contributed by atoms with E-state index in [9.17, 15) is 4.79 Å². The van der Waals surface area contributed by atoms with E-state index >= 15 is 0 Å². The molecule has 126 valence electrons. The number of anilines is 2. The molecular weight excluding hydrogens is 336 g/mol. The third kappa shape index (κ3) is 4.71. The number of hydrogen-bond donors (Lipinski definition) is 3. The predicted molar refractivity (Wildman–Crippen MR) is 101 cm³/mol. The molecule has 0 bridgehead atoms. The van der Waals surface area contributed by atoms with E-state index in [-0.39, 0.29) is 5.91 Å². The highest BCUT2D eigenvalue weighted by Gasteiger charge is 2.10. The molecule has 25 heavy (non-hydrogen) atoms. The number of para-hydroxylation sites is 1. The highest BCUT2D eigenvalue weighted by atomic mass is 35.5. The molecule has 0 spiro atoms. The number of amides is 1. The van der Waals surface area contributed by atoms with Crippen LogP contribution in [0.25, 0.3) is 0 Å². The summed E-state index contributed by atoms with van der Waals surface area (Å²) in [6.07, 6.45) is 3.48. The molecule has 1 heterocycles. The molecule has 0 aliphatic carbocycles. The van der Waals surface area contributed by atoms with Crippen LogP contribution >= 0.6 is 11.6 Å². The van der Waals surface area contributed by atoms with E-state index in [1.54, 1.807) is 42.7 Å². The monoisotopic (exact) mass is 352 g/mol. The first-order chi connectivity index (χ1) is 12.2. The molecular formula is C19H17ClN4O. The van der Waals surface area contributed by atoms with Crippen LogP contribution in [0.5, 0.6) is 0 Å². The predicted octanol–water partition coefficient (Wildman–Crippen LogP) is 4.10. The van der Waals surface area contributed by atoms with Crippen LogP contribution < -0.4 is 16.2 Å². The van der Waals surface area contributed by atoms with Gasteiger partial charge < -0.3 is 5.32 Å². The van der Waals surface area contributed by atoms with Crippen molar-refractivity contribution in [2.24, 2.45) is 0 Å². The highest BCUT2D eigenvalue weighted by molar-refractivity contribution is 6.30. The number of rotatable bonds is 6. The van der Waals surface area contributed by atoms with E-state index in [1.165, 1.54) is 0 Å².